The molecule has 0 saturated carbocycles. The molecule has 1 saturated heterocycles. The van der Waals surface area contributed by atoms with Crippen LogP contribution in [-0.2, 0) is 0 Å². The predicted molar refractivity (Wildman–Crippen MR) is 75.3 cm³/mol. The van der Waals surface area contributed by atoms with Crippen molar-refractivity contribution in [3.63, 3.8) is 0 Å². The van der Waals surface area contributed by atoms with Gasteiger partial charge in [-0.1, -0.05) is 0 Å². The van der Waals surface area contributed by atoms with E-state index in [9.17, 15) is 4.79 Å². The number of aryl methyl sites for hydroxylation is 2. The van der Waals surface area contributed by atoms with E-state index < -0.39 is 0 Å². The number of nitrogens with zero attached hydrogens (tertiary/aromatic N) is 3. The Hall–Kier alpha value is -2.17. The first-order valence-corrected chi connectivity index (χ1v) is 6.91. The van der Waals surface area contributed by atoms with Gasteiger partial charge >= 0.3 is 0 Å². The van der Waals surface area contributed by atoms with Gasteiger partial charge in [-0.25, -0.2) is 0 Å². The standard InChI is InChI=1S/C15H18N4O/c1-10-14(11(2)18-17-10)13-6-4-8-19(13)15(20)12-5-3-7-16-9-12/h3,5,7,9,13H,4,6,8H2,1-2H3,(H,17,18). The zero-order valence-electron chi connectivity index (χ0n) is 11.8. The highest BCUT2D eigenvalue weighted by atomic mass is 16.2. The predicted octanol–water partition coefficient (Wildman–Crippen LogP) is 2.40. The number of rotatable bonds is 2. The van der Waals surface area contributed by atoms with Gasteiger partial charge in [-0.2, -0.15) is 5.10 Å². The molecule has 3 heterocycles. The highest BCUT2D eigenvalue weighted by molar-refractivity contribution is 5.94. The maximum atomic E-state index is 12.6. The fourth-order valence-corrected chi connectivity index (χ4v) is 3.02. The van der Waals surface area contributed by atoms with Crippen LogP contribution in [0.3, 0.4) is 0 Å². The molecular formula is C15H18N4O. The lowest BCUT2D eigenvalue weighted by Gasteiger charge is -2.25. The first kappa shape index (κ1) is 12.8. The van der Waals surface area contributed by atoms with Gasteiger partial charge in [0.15, 0.2) is 0 Å². The lowest BCUT2D eigenvalue weighted by molar-refractivity contribution is 0.0734. The Kier molecular flexibility index (Phi) is 3.26. The normalized spacial score (nSPS) is 18.5. The summed E-state index contributed by atoms with van der Waals surface area (Å²) in [7, 11) is 0. The highest BCUT2D eigenvalue weighted by Crippen LogP contribution is 2.35. The van der Waals surface area contributed by atoms with Crippen molar-refractivity contribution in [2.45, 2.75) is 32.7 Å². The minimum absolute atomic E-state index is 0.0561. The number of aromatic amines is 1. The number of carbonyl (C=O) groups is 1. The fraction of sp³-hybridized carbons (Fsp3) is 0.400. The van der Waals surface area contributed by atoms with Crippen LogP contribution in [0.4, 0.5) is 0 Å². The van der Waals surface area contributed by atoms with Crippen LogP contribution in [0, 0.1) is 13.8 Å². The van der Waals surface area contributed by atoms with Crippen LogP contribution in [0.15, 0.2) is 24.5 Å². The molecule has 5 nitrogen and oxygen atoms in total. The summed E-state index contributed by atoms with van der Waals surface area (Å²) in [5.41, 5.74) is 3.86. The summed E-state index contributed by atoms with van der Waals surface area (Å²) < 4.78 is 0. The van der Waals surface area contributed by atoms with Gasteiger partial charge in [0.25, 0.3) is 5.91 Å². The Morgan fingerprint density at radius 1 is 1.45 bits per heavy atom. The van der Waals surface area contributed by atoms with Gasteiger partial charge in [-0.05, 0) is 38.8 Å². The van der Waals surface area contributed by atoms with Crippen molar-refractivity contribution in [3.05, 3.63) is 47.0 Å². The highest BCUT2D eigenvalue weighted by Gasteiger charge is 2.33. The molecule has 1 aliphatic heterocycles. The van der Waals surface area contributed by atoms with E-state index >= 15 is 0 Å². The van der Waals surface area contributed by atoms with Crippen LogP contribution in [0.5, 0.6) is 0 Å². The fourth-order valence-electron chi connectivity index (χ4n) is 3.02. The topological polar surface area (TPSA) is 61.9 Å². The molecule has 20 heavy (non-hydrogen) atoms. The number of nitrogens with one attached hydrogen (secondary N) is 1. The summed E-state index contributed by atoms with van der Waals surface area (Å²) in [5.74, 6) is 0.0561. The lowest BCUT2D eigenvalue weighted by Crippen LogP contribution is -2.31. The molecule has 0 spiro atoms. The second kappa shape index (κ2) is 5.07. The molecule has 1 fully saturated rings. The molecule has 1 unspecified atom stereocenters. The second-order valence-electron chi connectivity index (χ2n) is 5.25. The van der Waals surface area contributed by atoms with Crippen LogP contribution in [-0.4, -0.2) is 32.5 Å². The van der Waals surface area contributed by atoms with Crippen molar-refractivity contribution in [1.29, 1.82) is 0 Å². The second-order valence-corrected chi connectivity index (χ2v) is 5.25. The van der Waals surface area contributed by atoms with Gasteiger partial charge < -0.3 is 4.90 Å². The smallest absolute Gasteiger partial charge is 0.255 e. The maximum Gasteiger partial charge on any atom is 0.255 e. The molecule has 104 valence electrons. The van der Waals surface area contributed by atoms with Gasteiger partial charge in [-0.15, -0.1) is 0 Å². The Balaban J connectivity index is 1.92. The molecule has 0 radical (unpaired) electrons. The first-order valence-electron chi connectivity index (χ1n) is 6.91. The molecule has 1 atom stereocenters. The lowest BCUT2D eigenvalue weighted by atomic mass is 10.0. The third-order valence-electron chi connectivity index (χ3n) is 3.94. The first-order chi connectivity index (χ1) is 9.68. The van der Waals surface area contributed by atoms with Gasteiger partial charge in [0.2, 0.25) is 0 Å². The zero-order chi connectivity index (χ0) is 14.1. The molecule has 1 N–H and O–H groups in total. The van der Waals surface area contributed by atoms with E-state index in [-0.39, 0.29) is 11.9 Å². The third kappa shape index (κ3) is 2.09. The third-order valence-corrected chi connectivity index (χ3v) is 3.94. The number of likely N-dealkylation sites (tertiary alicyclic amines) is 1. The van der Waals surface area contributed by atoms with Crippen molar-refractivity contribution < 1.29 is 4.79 Å². The number of pyridine rings is 1. The number of hydrogen-bond acceptors (Lipinski definition) is 3. The maximum absolute atomic E-state index is 12.6. The van der Waals surface area contributed by atoms with Crippen LogP contribution in [0.2, 0.25) is 0 Å². The molecule has 2 aromatic rings. The van der Waals surface area contributed by atoms with Crippen LogP contribution in [0.1, 0.15) is 46.2 Å². The summed E-state index contributed by atoms with van der Waals surface area (Å²) in [6, 6.07) is 3.74. The zero-order valence-corrected chi connectivity index (χ0v) is 11.8. The van der Waals surface area contributed by atoms with Crippen molar-refractivity contribution >= 4 is 5.91 Å². The van der Waals surface area contributed by atoms with Crippen LogP contribution < -0.4 is 0 Å². The molecule has 0 aromatic carbocycles. The number of amides is 1. The monoisotopic (exact) mass is 270 g/mol. The van der Waals surface area contributed by atoms with Crippen molar-refractivity contribution in [2.75, 3.05) is 6.54 Å². The summed E-state index contributed by atoms with van der Waals surface area (Å²) in [5, 5.41) is 7.26. The van der Waals surface area contributed by atoms with E-state index in [2.05, 4.69) is 15.2 Å². The van der Waals surface area contributed by atoms with E-state index in [1.165, 1.54) is 5.56 Å². The van der Waals surface area contributed by atoms with Crippen LogP contribution >= 0.6 is 0 Å². The Bertz CT molecular complexity index is 601. The summed E-state index contributed by atoms with van der Waals surface area (Å²) >= 11 is 0. The van der Waals surface area contributed by atoms with Gasteiger partial charge in [0, 0.05) is 30.2 Å². The molecule has 5 heteroatoms. The van der Waals surface area contributed by atoms with Crippen molar-refractivity contribution in [3.8, 4) is 0 Å². The van der Waals surface area contributed by atoms with Gasteiger partial charge in [0.05, 0.1) is 17.3 Å². The minimum atomic E-state index is 0.0561. The molecule has 3 rings (SSSR count). The SMILES string of the molecule is Cc1n[nH]c(C)c1C1CCCN1C(=O)c1cccnc1. The number of carbonyl (C=O) groups excluding carboxylic acids is 1. The molecule has 1 amide bonds. The van der Waals surface area contributed by atoms with Crippen molar-refractivity contribution in [2.24, 2.45) is 0 Å². The average molecular weight is 270 g/mol. The summed E-state index contributed by atoms with van der Waals surface area (Å²) in [6.45, 7) is 4.80. The van der Waals surface area contributed by atoms with Gasteiger partial charge in [-0.3, -0.25) is 14.9 Å². The van der Waals surface area contributed by atoms with Crippen LogP contribution in [0.25, 0.3) is 0 Å². The summed E-state index contributed by atoms with van der Waals surface area (Å²) in [6.07, 6.45) is 5.34. The average Bonchev–Trinajstić information content (AvgIpc) is 3.06. The van der Waals surface area contributed by atoms with E-state index in [0.29, 0.717) is 5.56 Å². The largest absolute Gasteiger partial charge is 0.331 e. The molecule has 1 aliphatic rings. The van der Waals surface area contributed by atoms with E-state index in [0.717, 1.165) is 30.8 Å². The molecule has 0 bridgehead atoms. The van der Waals surface area contributed by atoms with Gasteiger partial charge in [0.1, 0.15) is 0 Å². The Labute approximate surface area is 118 Å². The minimum Gasteiger partial charge on any atom is -0.331 e. The Morgan fingerprint density at radius 3 is 2.95 bits per heavy atom. The number of hydrogen-bond donors (Lipinski definition) is 1. The van der Waals surface area contributed by atoms with Crippen molar-refractivity contribution in [1.82, 2.24) is 20.1 Å². The van der Waals surface area contributed by atoms with E-state index in [4.69, 9.17) is 0 Å². The Morgan fingerprint density at radius 2 is 2.30 bits per heavy atom. The number of aromatic nitrogens is 3. The van der Waals surface area contributed by atoms with E-state index in [1.807, 2.05) is 24.8 Å². The van der Waals surface area contributed by atoms with E-state index in [1.54, 1.807) is 18.5 Å². The quantitative estimate of drug-likeness (QED) is 0.911. The summed E-state index contributed by atoms with van der Waals surface area (Å²) in [4.78, 5) is 18.6. The molecule has 0 aliphatic carbocycles. The number of H-pyrrole nitrogens is 1. The molecular weight excluding hydrogens is 252 g/mol. The molecule has 2 aromatic heterocycles.